The summed E-state index contributed by atoms with van der Waals surface area (Å²) in [6, 6.07) is 8.17. The van der Waals surface area contributed by atoms with Crippen LogP contribution >= 0.6 is 0 Å². The molecule has 0 bridgehead atoms. The Hall–Kier alpha value is -1.38. The van der Waals surface area contributed by atoms with Gasteiger partial charge in [0.2, 0.25) is 10.0 Å². The van der Waals surface area contributed by atoms with E-state index in [2.05, 4.69) is 0 Å². The second kappa shape index (κ2) is 3.33. The smallest absolute Gasteiger partial charge is 0.207 e. The first kappa shape index (κ1) is 10.1. The molecule has 0 N–H and O–H groups in total. The Morgan fingerprint density at radius 1 is 1.47 bits per heavy atom. The van der Waals surface area contributed by atoms with Gasteiger partial charge in [-0.25, -0.2) is 8.42 Å². The lowest BCUT2D eigenvalue weighted by Crippen LogP contribution is -2.32. The zero-order valence-corrected chi connectivity index (χ0v) is 9.03. The Bertz CT molecular complexity index is 531. The molecule has 5 heteroatoms. The second-order valence-corrected chi connectivity index (χ2v) is 5.32. The molecule has 0 saturated carbocycles. The molecule has 0 aromatic heterocycles. The molecule has 0 amide bonds. The highest BCUT2D eigenvalue weighted by molar-refractivity contribution is 7.89. The number of hydrogen-bond donors (Lipinski definition) is 0. The van der Waals surface area contributed by atoms with Gasteiger partial charge in [-0.3, -0.25) is 0 Å². The number of rotatable bonds is 1. The van der Waals surface area contributed by atoms with Crippen molar-refractivity contribution in [2.24, 2.45) is 0 Å². The van der Waals surface area contributed by atoms with Crippen LogP contribution in [-0.2, 0) is 16.6 Å². The summed E-state index contributed by atoms with van der Waals surface area (Å²) < 4.78 is 25.1. The zero-order valence-electron chi connectivity index (χ0n) is 8.21. The molecule has 4 nitrogen and oxygen atoms in total. The average molecular weight is 222 g/mol. The summed E-state index contributed by atoms with van der Waals surface area (Å²) in [5.74, 6) is 0. The van der Waals surface area contributed by atoms with Gasteiger partial charge in [-0.1, -0.05) is 18.2 Å². The maximum absolute atomic E-state index is 12.0. The summed E-state index contributed by atoms with van der Waals surface area (Å²) in [5.41, 5.74) is 0.764. The molecule has 1 aromatic rings. The summed E-state index contributed by atoms with van der Waals surface area (Å²) >= 11 is 0. The fraction of sp³-hybridized carbons (Fsp3) is 0.300. The Kier molecular flexibility index (Phi) is 2.25. The van der Waals surface area contributed by atoms with Gasteiger partial charge in [-0.15, -0.1) is 0 Å². The Balaban J connectivity index is 2.54. The van der Waals surface area contributed by atoms with Crippen LogP contribution < -0.4 is 0 Å². The first-order valence-corrected chi connectivity index (χ1v) is 6.01. The lowest BCUT2D eigenvalue weighted by molar-refractivity contribution is 0.394. The van der Waals surface area contributed by atoms with E-state index in [1.54, 1.807) is 31.2 Å². The SMILES string of the molecule is CC(C#N)N1Cc2ccccc2S1(=O)=O. The van der Waals surface area contributed by atoms with Crippen LogP contribution in [0.4, 0.5) is 0 Å². The van der Waals surface area contributed by atoms with Gasteiger partial charge in [-0.2, -0.15) is 9.57 Å². The van der Waals surface area contributed by atoms with E-state index < -0.39 is 16.1 Å². The van der Waals surface area contributed by atoms with Gasteiger partial charge in [-0.05, 0) is 18.6 Å². The van der Waals surface area contributed by atoms with E-state index in [0.717, 1.165) is 5.56 Å². The zero-order chi connectivity index (χ0) is 11.1. The monoisotopic (exact) mass is 222 g/mol. The molecular weight excluding hydrogens is 212 g/mol. The number of nitriles is 1. The Labute approximate surface area is 88.8 Å². The molecule has 1 aromatic carbocycles. The van der Waals surface area contributed by atoms with Gasteiger partial charge in [0.1, 0.15) is 6.04 Å². The predicted octanol–water partition coefficient (Wildman–Crippen LogP) is 1.10. The molecule has 0 fully saturated rings. The van der Waals surface area contributed by atoms with Gasteiger partial charge >= 0.3 is 0 Å². The Morgan fingerprint density at radius 2 is 2.13 bits per heavy atom. The maximum Gasteiger partial charge on any atom is 0.244 e. The topological polar surface area (TPSA) is 61.2 Å². The molecule has 0 aliphatic carbocycles. The van der Waals surface area contributed by atoms with Crippen LogP contribution in [0.15, 0.2) is 29.2 Å². The third-order valence-electron chi connectivity index (χ3n) is 2.50. The van der Waals surface area contributed by atoms with Crippen LogP contribution in [0, 0.1) is 11.3 Å². The van der Waals surface area contributed by atoms with Gasteiger partial charge in [0.05, 0.1) is 11.0 Å². The highest BCUT2D eigenvalue weighted by Crippen LogP contribution is 2.31. The average Bonchev–Trinajstić information content (AvgIpc) is 2.51. The number of benzene rings is 1. The minimum Gasteiger partial charge on any atom is -0.207 e. The quantitative estimate of drug-likeness (QED) is 0.715. The van der Waals surface area contributed by atoms with Crippen LogP contribution in [0.3, 0.4) is 0 Å². The number of hydrogen-bond acceptors (Lipinski definition) is 3. The van der Waals surface area contributed by atoms with E-state index >= 15 is 0 Å². The minimum absolute atomic E-state index is 0.299. The summed E-state index contributed by atoms with van der Waals surface area (Å²) in [6.45, 7) is 1.89. The van der Waals surface area contributed by atoms with Crippen LogP contribution in [0.2, 0.25) is 0 Å². The van der Waals surface area contributed by atoms with Crippen molar-refractivity contribution in [2.45, 2.75) is 24.4 Å². The Morgan fingerprint density at radius 3 is 2.73 bits per heavy atom. The normalized spacial score (nSPS) is 20.5. The van der Waals surface area contributed by atoms with Crippen molar-refractivity contribution in [2.75, 3.05) is 0 Å². The minimum atomic E-state index is -3.45. The molecule has 1 heterocycles. The van der Waals surface area contributed by atoms with Crippen LogP contribution in [0.5, 0.6) is 0 Å². The van der Waals surface area contributed by atoms with Crippen LogP contribution in [0.1, 0.15) is 12.5 Å². The molecule has 78 valence electrons. The highest BCUT2D eigenvalue weighted by atomic mass is 32.2. The van der Waals surface area contributed by atoms with Gasteiger partial charge in [0, 0.05) is 6.54 Å². The maximum atomic E-state index is 12.0. The molecule has 0 spiro atoms. The second-order valence-electron chi connectivity index (χ2n) is 3.46. The molecule has 1 atom stereocenters. The van der Waals surface area contributed by atoms with E-state index in [1.165, 1.54) is 4.31 Å². The first-order valence-electron chi connectivity index (χ1n) is 4.56. The summed E-state index contributed by atoms with van der Waals surface area (Å²) in [6.07, 6.45) is 0. The van der Waals surface area contributed by atoms with Gasteiger partial charge in [0.25, 0.3) is 0 Å². The van der Waals surface area contributed by atoms with Crippen molar-refractivity contribution in [3.8, 4) is 6.07 Å². The van der Waals surface area contributed by atoms with E-state index in [9.17, 15) is 8.42 Å². The van der Waals surface area contributed by atoms with Crippen LogP contribution in [-0.4, -0.2) is 18.8 Å². The molecule has 15 heavy (non-hydrogen) atoms. The molecule has 1 aliphatic heterocycles. The fourth-order valence-corrected chi connectivity index (χ4v) is 3.41. The van der Waals surface area contributed by atoms with Crippen molar-refractivity contribution in [3.05, 3.63) is 29.8 Å². The van der Waals surface area contributed by atoms with Gasteiger partial charge in [0.15, 0.2) is 0 Å². The molecule has 1 unspecified atom stereocenters. The van der Waals surface area contributed by atoms with Crippen molar-refractivity contribution in [3.63, 3.8) is 0 Å². The van der Waals surface area contributed by atoms with Crippen LogP contribution in [0.25, 0.3) is 0 Å². The summed E-state index contributed by atoms with van der Waals surface area (Å²) in [5, 5.41) is 8.75. The third kappa shape index (κ3) is 1.42. The lowest BCUT2D eigenvalue weighted by atomic mass is 10.2. The third-order valence-corrected chi connectivity index (χ3v) is 4.52. The summed E-state index contributed by atoms with van der Waals surface area (Å²) in [4.78, 5) is 0.326. The first-order chi connectivity index (χ1) is 7.07. The summed E-state index contributed by atoms with van der Waals surface area (Å²) in [7, 11) is -3.45. The van der Waals surface area contributed by atoms with E-state index in [0.29, 0.717) is 11.4 Å². The van der Waals surface area contributed by atoms with Crippen molar-refractivity contribution >= 4 is 10.0 Å². The standard InChI is InChI=1S/C10H10N2O2S/c1-8(6-11)12-7-9-4-2-3-5-10(9)15(12,13)14/h2-5,8H,7H2,1H3. The molecule has 1 aliphatic rings. The number of sulfonamides is 1. The van der Waals surface area contributed by atoms with E-state index in [1.807, 2.05) is 6.07 Å². The highest BCUT2D eigenvalue weighted by Gasteiger charge is 2.37. The van der Waals surface area contributed by atoms with E-state index in [4.69, 9.17) is 5.26 Å². The molecule has 2 rings (SSSR count). The van der Waals surface area contributed by atoms with Crippen molar-refractivity contribution in [1.82, 2.24) is 4.31 Å². The van der Waals surface area contributed by atoms with Crippen molar-refractivity contribution < 1.29 is 8.42 Å². The fourth-order valence-electron chi connectivity index (χ4n) is 1.67. The molecule has 0 radical (unpaired) electrons. The number of fused-ring (bicyclic) bond motifs is 1. The number of nitrogens with zero attached hydrogens (tertiary/aromatic N) is 2. The molecular formula is C10H10N2O2S. The molecule has 0 saturated heterocycles. The largest absolute Gasteiger partial charge is 0.244 e. The van der Waals surface area contributed by atoms with Gasteiger partial charge < -0.3 is 0 Å². The lowest BCUT2D eigenvalue weighted by Gasteiger charge is -2.15. The predicted molar refractivity (Wildman–Crippen MR) is 54.2 cm³/mol. The van der Waals surface area contributed by atoms with Crippen molar-refractivity contribution in [1.29, 1.82) is 5.26 Å². The van der Waals surface area contributed by atoms with E-state index in [-0.39, 0.29) is 0 Å².